The summed E-state index contributed by atoms with van der Waals surface area (Å²) in [5.41, 5.74) is 13.6. The van der Waals surface area contributed by atoms with Crippen molar-refractivity contribution in [1.82, 2.24) is 9.80 Å². The van der Waals surface area contributed by atoms with E-state index in [1.807, 2.05) is 42.9 Å². The number of fused-ring (bicyclic) bond motifs is 4. The van der Waals surface area contributed by atoms with Gasteiger partial charge in [0.25, 0.3) is 11.8 Å². The summed E-state index contributed by atoms with van der Waals surface area (Å²) in [7, 11) is 1.53. The van der Waals surface area contributed by atoms with Gasteiger partial charge in [-0.1, -0.05) is 42.0 Å². The topological polar surface area (TPSA) is 139 Å². The minimum atomic E-state index is -0.253. The number of aliphatic imine (C=N–C) groups is 2. The van der Waals surface area contributed by atoms with Gasteiger partial charge >= 0.3 is 0 Å². The summed E-state index contributed by atoms with van der Waals surface area (Å²) in [5, 5.41) is 10.8. The van der Waals surface area contributed by atoms with Crippen LogP contribution in [0.15, 0.2) is 95.2 Å². The number of phenolic OH excluding ortho intramolecular Hbond substituents is 1. The lowest BCUT2D eigenvalue weighted by molar-refractivity contribution is 0.0809. The summed E-state index contributed by atoms with van der Waals surface area (Å²) in [6, 6.07) is 21.8. The molecule has 0 bridgehead atoms. The van der Waals surface area contributed by atoms with Crippen LogP contribution in [0.4, 0.5) is 17.1 Å². The molecule has 11 nitrogen and oxygen atoms in total. The Labute approximate surface area is 301 Å². The van der Waals surface area contributed by atoms with Gasteiger partial charge in [0.1, 0.15) is 0 Å². The van der Waals surface area contributed by atoms with E-state index in [0.717, 1.165) is 22.3 Å². The van der Waals surface area contributed by atoms with Gasteiger partial charge in [-0.05, 0) is 53.5 Å². The highest BCUT2D eigenvalue weighted by atomic mass is 16.5. The molecule has 262 valence electrons. The minimum absolute atomic E-state index is 0.149. The summed E-state index contributed by atoms with van der Waals surface area (Å²) < 4.78 is 17.6. The standard InChI is InChI=1S/C41H37N5O6/c1-24-7-9-25(10-8-24)27-14-30-20-44-35-19-39(38(50-2)17-33(35)41(49)45(30)22-27)52-12-4-11-51-37-18-34-32(16-36(37)47)40(48)46-23-28(15-31(46)21-43-34)26-5-3-6-29(42)13-26/h3,5-10,13,16-23,30-31,47H,4,11-12,14-15,42H2,1-2H3/t30-,31-/m0/s1. The number of nitrogen functional groups attached to an aromatic ring is 1. The van der Waals surface area contributed by atoms with Gasteiger partial charge in [0, 0.05) is 61.9 Å². The Bertz CT molecular complexity index is 2220. The number of phenols is 1. The second kappa shape index (κ2) is 13.4. The summed E-state index contributed by atoms with van der Waals surface area (Å²) in [6.45, 7) is 2.54. The van der Waals surface area contributed by atoms with Crippen molar-refractivity contribution < 1.29 is 28.9 Å². The fraction of sp³-hybridized carbons (Fsp3) is 0.220. The van der Waals surface area contributed by atoms with Gasteiger partial charge < -0.3 is 34.9 Å². The first kappa shape index (κ1) is 32.8. The van der Waals surface area contributed by atoms with E-state index in [1.54, 1.807) is 34.2 Å². The van der Waals surface area contributed by atoms with Crippen LogP contribution in [0.1, 0.15) is 56.7 Å². The molecule has 0 aromatic heterocycles. The summed E-state index contributed by atoms with van der Waals surface area (Å²) in [6.07, 6.45) is 9.06. The van der Waals surface area contributed by atoms with Crippen molar-refractivity contribution in [3.05, 3.63) is 113 Å². The van der Waals surface area contributed by atoms with Crippen LogP contribution in [0.3, 0.4) is 0 Å². The molecule has 0 saturated heterocycles. The summed E-state index contributed by atoms with van der Waals surface area (Å²) in [4.78, 5) is 39.9. The summed E-state index contributed by atoms with van der Waals surface area (Å²) in [5.74, 6) is 0.540. The Balaban J connectivity index is 0.902. The zero-order chi connectivity index (χ0) is 35.9. The minimum Gasteiger partial charge on any atom is -0.504 e. The maximum absolute atomic E-state index is 13.7. The molecule has 0 spiro atoms. The molecule has 3 N–H and O–H groups in total. The molecule has 4 aromatic carbocycles. The number of ether oxygens (including phenoxy) is 3. The number of carbonyl (C=O) groups is 2. The molecule has 52 heavy (non-hydrogen) atoms. The molecule has 2 atom stereocenters. The predicted molar refractivity (Wildman–Crippen MR) is 200 cm³/mol. The van der Waals surface area contributed by atoms with Gasteiger partial charge in [0.2, 0.25) is 0 Å². The molecule has 4 aliphatic heterocycles. The lowest BCUT2D eigenvalue weighted by Crippen LogP contribution is -2.32. The number of rotatable bonds is 9. The smallest absolute Gasteiger partial charge is 0.260 e. The largest absolute Gasteiger partial charge is 0.504 e. The number of nitrogens with zero attached hydrogens (tertiary/aromatic N) is 4. The van der Waals surface area contributed by atoms with Crippen LogP contribution in [0, 0.1) is 6.92 Å². The van der Waals surface area contributed by atoms with E-state index in [9.17, 15) is 14.7 Å². The first-order valence-electron chi connectivity index (χ1n) is 17.2. The second-order valence-corrected chi connectivity index (χ2v) is 13.2. The van der Waals surface area contributed by atoms with Crippen molar-refractivity contribution in [3.63, 3.8) is 0 Å². The van der Waals surface area contributed by atoms with Gasteiger partial charge in [-0.2, -0.15) is 0 Å². The van der Waals surface area contributed by atoms with Crippen molar-refractivity contribution in [2.75, 3.05) is 26.1 Å². The molecule has 2 amide bonds. The number of aryl methyl sites for hydroxylation is 1. The Morgan fingerprint density at radius 2 is 1.35 bits per heavy atom. The number of benzene rings is 4. The van der Waals surface area contributed by atoms with E-state index >= 15 is 0 Å². The third kappa shape index (κ3) is 6.14. The van der Waals surface area contributed by atoms with E-state index < -0.39 is 0 Å². The Morgan fingerprint density at radius 1 is 0.750 bits per heavy atom. The number of aromatic hydroxyl groups is 1. The molecule has 0 aliphatic carbocycles. The molecule has 0 radical (unpaired) electrons. The maximum atomic E-state index is 13.7. The van der Waals surface area contributed by atoms with Crippen LogP contribution < -0.4 is 19.9 Å². The van der Waals surface area contributed by atoms with Gasteiger partial charge in [-0.15, -0.1) is 0 Å². The van der Waals surface area contributed by atoms with Gasteiger partial charge in [0.05, 0.1) is 54.9 Å². The van der Waals surface area contributed by atoms with Crippen molar-refractivity contribution in [2.24, 2.45) is 9.98 Å². The van der Waals surface area contributed by atoms with Gasteiger partial charge in [-0.3, -0.25) is 19.6 Å². The van der Waals surface area contributed by atoms with E-state index in [1.165, 1.54) is 18.7 Å². The van der Waals surface area contributed by atoms with Crippen molar-refractivity contribution in [2.45, 2.75) is 38.3 Å². The number of anilines is 1. The number of hydrogen-bond donors (Lipinski definition) is 2. The Morgan fingerprint density at radius 3 is 1.98 bits per heavy atom. The van der Waals surface area contributed by atoms with Crippen LogP contribution in [0.2, 0.25) is 0 Å². The van der Waals surface area contributed by atoms with E-state index in [2.05, 4.69) is 41.2 Å². The molecule has 0 unspecified atom stereocenters. The van der Waals surface area contributed by atoms with Crippen LogP contribution in [0.5, 0.6) is 23.0 Å². The van der Waals surface area contributed by atoms with Gasteiger partial charge in [0.15, 0.2) is 23.0 Å². The highest BCUT2D eigenvalue weighted by molar-refractivity contribution is 6.06. The van der Waals surface area contributed by atoms with Crippen molar-refractivity contribution >= 4 is 52.5 Å². The third-order valence-corrected chi connectivity index (χ3v) is 9.71. The fourth-order valence-electron chi connectivity index (χ4n) is 6.92. The first-order valence-corrected chi connectivity index (χ1v) is 17.2. The second-order valence-electron chi connectivity index (χ2n) is 13.2. The molecular weight excluding hydrogens is 658 g/mol. The normalized spacial score (nSPS) is 18.5. The molecular formula is C41H37N5O6. The van der Waals surface area contributed by atoms with E-state index in [-0.39, 0.29) is 54.2 Å². The lowest BCUT2D eigenvalue weighted by Gasteiger charge is -2.19. The quantitative estimate of drug-likeness (QED) is 0.141. The number of nitrogens with two attached hydrogens (primary N) is 1. The van der Waals surface area contributed by atoms with Crippen molar-refractivity contribution in [3.8, 4) is 23.0 Å². The van der Waals surface area contributed by atoms with E-state index in [0.29, 0.717) is 53.4 Å². The van der Waals surface area contributed by atoms with Crippen LogP contribution >= 0.6 is 0 Å². The highest BCUT2D eigenvalue weighted by Crippen LogP contribution is 2.41. The van der Waals surface area contributed by atoms with Crippen LogP contribution in [-0.4, -0.2) is 71.6 Å². The molecule has 8 rings (SSSR count). The fourth-order valence-corrected chi connectivity index (χ4v) is 6.92. The molecule has 0 saturated carbocycles. The first-order chi connectivity index (χ1) is 25.2. The Hall–Kier alpha value is -6.36. The van der Waals surface area contributed by atoms with Crippen LogP contribution in [0.25, 0.3) is 11.1 Å². The molecule has 4 heterocycles. The monoisotopic (exact) mass is 695 g/mol. The van der Waals surface area contributed by atoms with Gasteiger partial charge in [-0.25, -0.2) is 0 Å². The summed E-state index contributed by atoms with van der Waals surface area (Å²) >= 11 is 0. The van der Waals surface area contributed by atoms with E-state index in [4.69, 9.17) is 19.9 Å². The predicted octanol–water partition coefficient (Wildman–Crippen LogP) is 7.08. The highest BCUT2D eigenvalue weighted by Gasteiger charge is 2.35. The zero-order valence-electron chi connectivity index (χ0n) is 28.8. The lowest BCUT2D eigenvalue weighted by atomic mass is 10.0. The van der Waals surface area contributed by atoms with Crippen molar-refractivity contribution in [1.29, 1.82) is 0 Å². The SMILES string of the molecule is COc1cc2c(cc1OCCCOc1cc3c(cc1O)C(=O)N1C=C(c4cccc(N)c4)C[C@H]1C=N3)N=C[C@@H]1CC(c3ccc(C)cc3)=CN1C2=O. The number of methoxy groups -OCH3 is 1. The molecule has 11 heteroatoms. The molecule has 4 aromatic rings. The maximum Gasteiger partial charge on any atom is 0.260 e. The number of hydrogen-bond acceptors (Lipinski definition) is 9. The molecule has 0 fully saturated rings. The average Bonchev–Trinajstić information content (AvgIpc) is 3.73. The molecule has 4 aliphatic rings. The number of amides is 2. The zero-order valence-corrected chi connectivity index (χ0v) is 28.8. The van der Waals surface area contributed by atoms with Crippen LogP contribution in [-0.2, 0) is 0 Å². The number of carbonyl (C=O) groups excluding carboxylic acids is 2. The Kier molecular flexibility index (Phi) is 8.46. The average molecular weight is 696 g/mol. The third-order valence-electron chi connectivity index (χ3n) is 9.71.